The molecular formula is C13H18N2O2. The number of carbonyl (C=O) groups is 1. The maximum Gasteiger partial charge on any atom is 0.320 e. The van der Waals surface area contributed by atoms with E-state index in [-0.39, 0.29) is 12.1 Å². The van der Waals surface area contributed by atoms with Crippen LogP contribution >= 0.6 is 0 Å². The van der Waals surface area contributed by atoms with E-state index in [1.807, 2.05) is 30.3 Å². The van der Waals surface area contributed by atoms with Crippen LogP contribution in [-0.2, 0) is 4.79 Å². The minimum atomic E-state index is -0.792. The van der Waals surface area contributed by atoms with Crippen LogP contribution in [0.15, 0.2) is 30.3 Å². The fourth-order valence-electron chi connectivity index (χ4n) is 2.35. The molecule has 0 amide bonds. The molecule has 3 atom stereocenters. The molecule has 2 unspecified atom stereocenters. The van der Waals surface area contributed by atoms with Gasteiger partial charge in [0.2, 0.25) is 0 Å². The zero-order chi connectivity index (χ0) is 12.3. The fraction of sp³-hybridized carbons (Fsp3) is 0.462. The highest BCUT2D eigenvalue weighted by Gasteiger charge is 2.29. The van der Waals surface area contributed by atoms with Crippen molar-refractivity contribution in [2.75, 3.05) is 0 Å². The number of carboxylic acid groups (broad SMARTS) is 1. The van der Waals surface area contributed by atoms with Crippen LogP contribution in [-0.4, -0.2) is 23.2 Å². The van der Waals surface area contributed by atoms with Crippen molar-refractivity contribution in [3.05, 3.63) is 35.9 Å². The van der Waals surface area contributed by atoms with Crippen LogP contribution in [0, 0.1) is 0 Å². The van der Waals surface area contributed by atoms with Gasteiger partial charge in [0.1, 0.15) is 6.04 Å². The van der Waals surface area contributed by atoms with Gasteiger partial charge in [0.15, 0.2) is 0 Å². The Bertz CT molecular complexity index is 380. The summed E-state index contributed by atoms with van der Waals surface area (Å²) in [5, 5.41) is 12.3. The second-order valence-electron chi connectivity index (χ2n) is 4.54. The monoisotopic (exact) mass is 234 g/mol. The summed E-state index contributed by atoms with van der Waals surface area (Å²) in [6.07, 6.45) is 2.36. The summed E-state index contributed by atoms with van der Waals surface area (Å²) in [6, 6.07) is 9.23. The average Bonchev–Trinajstić information content (AvgIpc) is 2.52. The third-order valence-electron chi connectivity index (χ3n) is 3.30. The Hall–Kier alpha value is -1.39. The predicted octanol–water partition coefficient (Wildman–Crippen LogP) is 1.28. The van der Waals surface area contributed by atoms with Crippen LogP contribution < -0.4 is 11.1 Å². The molecule has 92 valence electrons. The fourth-order valence-corrected chi connectivity index (χ4v) is 2.35. The molecule has 4 N–H and O–H groups in total. The number of nitrogens with two attached hydrogens (primary N) is 1. The SMILES string of the molecule is NC1CCC[C@@H](C(=O)O)NC1c1ccccc1. The van der Waals surface area contributed by atoms with E-state index in [2.05, 4.69) is 5.32 Å². The summed E-state index contributed by atoms with van der Waals surface area (Å²) >= 11 is 0. The molecule has 4 heteroatoms. The van der Waals surface area contributed by atoms with Crippen LogP contribution in [0.4, 0.5) is 0 Å². The first kappa shape index (κ1) is 12.1. The molecule has 1 aromatic carbocycles. The van der Waals surface area contributed by atoms with Crippen molar-refractivity contribution in [1.29, 1.82) is 0 Å². The van der Waals surface area contributed by atoms with Crippen LogP contribution in [0.2, 0.25) is 0 Å². The minimum absolute atomic E-state index is 0.0262. The maximum absolute atomic E-state index is 11.1. The number of benzene rings is 1. The minimum Gasteiger partial charge on any atom is -0.480 e. The van der Waals surface area contributed by atoms with E-state index < -0.39 is 12.0 Å². The van der Waals surface area contributed by atoms with Gasteiger partial charge in [0.25, 0.3) is 0 Å². The molecule has 4 nitrogen and oxygen atoms in total. The largest absolute Gasteiger partial charge is 0.480 e. The van der Waals surface area contributed by atoms with Crippen LogP contribution in [0.3, 0.4) is 0 Å². The lowest BCUT2D eigenvalue weighted by molar-refractivity contribution is -0.139. The first-order valence-electron chi connectivity index (χ1n) is 5.98. The van der Waals surface area contributed by atoms with E-state index >= 15 is 0 Å². The highest BCUT2D eigenvalue weighted by atomic mass is 16.4. The van der Waals surface area contributed by atoms with Crippen molar-refractivity contribution < 1.29 is 9.90 Å². The third-order valence-corrected chi connectivity index (χ3v) is 3.30. The summed E-state index contributed by atoms with van der Waals surface area (Å²) in [7, 11) is 0. The third kappa shape index (κ3) is 2.84. The number of hydrogen-bond acceptors (Lipinski definition) is 3. The first-order chi connectivity index (χ1) is 8.18. The molecule has 0 aliphatic carbocycles. The highest BCUT2D eigenvalue weighted by Crippen LogP contribution is 2.24. The summed E-state index contributed by atoms with van der Waals surface area (Å²) in [6.45, 7) is 0. The van der Waals surface area contributed by atoms with Crippen molar-refractivity contribution in [3.8, 4) is 0 Å². The highest BCUT2D eigenvalue weighted by molar-refractivity contribution is 5.73. The molecular weight excluding hydrogens is 216 g/mol. The summed E-state index contributed by atoms with van der Waals surface area (Å²) in [5.74, 6) is -0.792. The van der Waals surface area contributed by atoms with Crippen LogP contribution in [0.1, 0.15) is 30.9 Å². The van der Waals surface area contributed by atoms with Gasteiger partial charge in [-0.1, -0.05) is 30.3 Å². The normalized spacial score (nSPS) is 29.6. The molecule has 0 aromatic heterocycles. The van der Waals surface area contributed by atoms with Crippen LogP contribution in [0.25, 0.3) is 0 Å². The van der Waals surface area contributed by atoms with Crippen molar-refractivity contribution in [3.63, 3.8) is 0 Å². The van der Waals surface area contributed by atoms with Gasteiger partial charge in [-0.3, -0.25) is 10.1 Å². The molecule has 0 spiro atoms. The number of aliphatic carboxylic acids is 1. The van der Waals surface area contributed by atoms with E-state index in [0.29, 0.717) is 6.42 Å². The molecule has 1 aliphatic heterocycles. The molecule has 0 saturated carbocycles. The lowest BCUT2D eigenvalue weighted by Crippen LogP contribution is -2.43. The van der Waals surface area contributed by atoms with Gasteiger partial charge in [-0.15, -0.1) is 0 Å². The predicted molar refractivity (Wildman–Crippen MR) is 65.6 cm³/mol. The molecule has 1 fully saturated rings. The van der Waals surface area contributed by atoms with E-state index in [1.165, 1.54) is 0 Å². The summed E-state index contributed by atoms with van der Waals surface area (Å²) in [4.78, 5) is 11.1. The van der Waals surface area contributed by atoms with E-state index in [0.717, 1.165) is 18.4 Å². The van der Waals surface area contributed by atoms with Gasteiger partial charge in [-0.25, -0.2) is 0 Å². The Balaban J connectivity index is 2.20. The van der Waals surface area contributed by atoms with Gasteiger partial charge in [-0.2, -0.15) is 0 Å². The quantitative estimate of drug-likeness (QED) is 0.720. The van der Waals surface area contributed by atoms with Crippen molar-refractivity contribution in [1.82, 2.24) is 5.32 Å². The Morgan fingerprint density at radius 3 is 2.65 bits per heavy atom. The van der Waals surface area contributed by atoms with Crippen molar-refractivity contribution in [2.24, 2.45) is 5.73 Å². The van der Waals surface area contributed by atoms with Crippen LogP contribution in [0.5, 0.6) is 0 Å². The zero-order valence-electron chi connectivity index (χ0n) is 9.67. The van der Waals surface area contributed by atoms with Gasteiger partial charge >= 0.3 is 5.97 Å². The number of rotatable bonds is 2. The molecule has 1 saturated heterocycles. The van der Waals surface area contributed by atoms with Gasteiger partial charge in [-0.05, 0) is 24.8 Å². The second kappa shape index (κ2) is 5.29. The van der Waals surface area contributed by atoms with Crippen molar-refractivity contribution >= 4 is 5.97 Å². The summed E-state index contributed by atoms with van der Waals surface area (Å²) in [5.41, 5.74) is 7.18. The Morgan fingerprint density at radius 1 is 1.29 bits per heavy atom. The van der Waals surface area contributed by atoms with Gasteiger partial charge in [0, 0.05) is 12.1 Å². The van der Waals surface area contributed by atoms with Crippen molar-refractivity contribution in [2.45, 2.75) is 37.4 Å². The molecule has 0 bridgehead atoms. The lowest BCUT2D eigenvalue weighted by Gasteiger charge is -2.25. The second-order valence-corrected chi connectivity index (χ2v) is 4.54. The van der Waals surface area contributed by atoms with E-state index in [1.54, 1.807) is 0 Å². The molecule has 1 aromatic rings. The molecule has 2 rings (SSSR count). The Morgan fingerprint density at radius 2 is 2.00 bits per heavy atom. The Labute approximate surface area is 101 Å². The molecule has 1 aliphatic rings. The average molecular weight is 234 g/mol. The number of hydrogen-bond donors (Lipinski definition) is 3. The smallest absolute Gasteiger partial charge is 0.320 e. The molecule has 17 heavy (non-hydrogen) atoms. The van der Waals surface area contributed by atoms with Gasteiger partial charge < -0.3 is 10.8 Å². The summed E-state index contributed by atoms with van der Waals surface area (Å²) < 4.78 is 0. The standard InChI is InChI=1S/C13H18N2O2/c14-10-7-4-8-11(13(16)17)15-12(10)9-5-2-1-3-6-9/h1-3,5-6,10-12,15H,4,7-8,14H2,(H,16,17)/t10?,11-,12?/m0/s1. The lowest BCUT2D eigenvalue weighted by atomic mass is 9.98. The molecule has 0 radical (unpaired) electrons. The Kier molecular flexibility index (Phi) is 3.76. The number of nitrogens with one attached hydrogen (secondary N) is 1. The number of carboxylic acids is 1. The van der Waals surface area contributed by atoms with E-state index in [4.69, 9.17) is 10.8 Å². The maximum atomic E-state index is 11.1. The molecule has 1 heterocycles. The first-order valence-corrected chi connectivity index (χ1v) is 5.98. The van der Waals surface area contributed by atoms with Gasteiger partial charge in [0.05, 0.1) is 0 Å². The van der Waals surface area contributed by atoms with E-state index in [9.17, 15) is 4.79 Å². The topological polar surface area (TPSA) is 75.4 Å². The zero-order valence-corrected chi connectivity index (χ0v) is 9.67.